The van der Waals surface area contributed by atoms with Crippen LogP contribution < -0.4 is 11.1 Å². The first-order valence-corrected chi connectivity index (χ1v) is 7.74. The van der Waals surface area contributed by atoms with Crippen LogP contribution in [-0.4, -0.2) is 50.1 Å². The molecular weight excluding hydrogens is 242 g/mol. The lowest BCUT2D eigenvalue weighted by molar-refractivity contribution is -0.123. The van der Waals surface area contributed by atoms with Crippen molar-refractivity contribution in [3.8, 4) is 0 Å². The minimum atomic E-state index is -3.09. The Balaban J connectivity index is 1.78. The first-order valence-electron chi connectivity index (χ1n) is 5.89. The number of carbonyl (C=O) groups excluding carboxylic acids is 1. The SMILES string of the molecule is CS(=O)(=O)N1CCC(NC(=O)C2CC2N)CC1. The molecule has 98 valence electrons. The molecule has 6 nitrogen and oxygen atoms in total. The Labute approximate surface area is 102 Å². The Hall–Kier alpha value is -0.660. The maximum atomic E-state index is 11.6. The van der Waals surface area contributed by atoms with Crippen molar-refractivity contribution in [2.75, 3.05) is 19.3 Å². The normalized spacial score (nSPS) is 31.2. The van der Waals surface area contributed by atoms with Gasteiger partial charge in [-0.15, -0.1) is 0 Å². The number of piperidine rings is 1. The van der Waals surface area contributed by atoms with Crippen LogP contribution in [0.3, 0.4) is 0 Å². The van der Waals surface area contributed by atoms with E-state index in [1.165, 1.54) is 10.6 Å². The highest BCUT2D eigenvalue weighted by Crippen LogP contribution is 2.28. The van der Waals surface area contributed by atoms with Crippen molar-refractivity contribution in [2.45, 2.75) is 31.3 Å². The van der Waals surface area contributed by atoms with Gasteiger partial charge in [-0.25, -0.2) is 12.7 Å². The van der Waals surface area contributed by atoms with Crippen LogP contribution in [0.15, 0.2) is 0 Å². The average Bonchev–Trinajstić information content (AvgIpc) is 2.95. The van der Waals surface area contributed by atoms with Crippen molar-refractivity contribution in [3.63, 3.8) is 0 Å². The quantitative estimate of drug-likeness (QED) is 0.672. The van der Waals surface area contributed by atoms with Crippen molar-refractivity contribution in [1.29, 1.82) is 0 Å². The van der Waals surface area contributed by atoms with Gasteiger partial charge in [0.15, 0.2) is 0 Å². The second-order valence-electron chi connectivity index (χ2n) is 4.95. The zero-order valence-corrected chi connectivity index (χ0v) is 10.7. The van der Waals surface area contributed by atoms with E-state index in [4.69, 9.17) is 5.73 Å². The molecule has 2 aliphatic rings. The molecule has 3 N–H and O–H groups in total. The van der Waals surface area contributed by atoms with Crippen LogP contribution >= 0.6 is 0 Å². The summed E-state index contributed by atoms with van der Waals surface area (Å²) in [5.74, 6) is -0.00163. The Morgan fingerprint density at radius 1 is 1.35 bits per heavy atom. The summed E-state index contributed by atoms with van der Waals surface area (Å²) in [6.45, 7) is 0.973. The van der Waals surface area contributed by atoms with E-state index in [1.54, 1.807) is 0 Å². The fourth-order valence-electron chi connectivity index (χ4n) is 2.16. The summed E-state index contributed by atoms with van der Waals surface area (Å²) in [5, 5.41) is 2.94. The number of rotatable bonds is 3. The van der Waals surface area contributed by atoms with E-state index in [-0.39, 0.29) is 23.9 Å². The Morgan fingerprint density at radius 3 is 2.29 bits per heavy atom. The van der Waals surface area contributed by atoms with Gasteiger partial charge in [-0.2, -0.15) is 0 Å². The van der Waals surface area contributed by atoms with E-state index < -0.39 is 10.0 Å². The molecule has 1 saturated carbocycles. The van der Waals surface area contributed by atoms with Crippen LogP contribution in [0.5, 0.6) is 0 Å². The molecule has 0 aromatic carbocycles. The maximum absolute atomic E-state index is 11.6. The van der Waals surface area contributed by atoms with Crippen molar-refractivity contribution in [1.82, 2.24) is 9.62 Å². The van der Waals surface area contributed by atoms with Crippen LogP contribution in [0.25, 0.3) is 0 Å². The third-order valence-corrected chi connectivity index (χ3v) is 4.75. The molecular formula is C10H19N3O3S. The molecule has 7 heteroatoms. The zero-order valence-electron chi connectivity index (χ0n) is 9.93. The van der Waals surface area contributed by atoms with Crippen LogP contribution in [0.2, 0.25) is 0 Å². The Morgan fingerprint density at radius 2 is 1.88 bits per heavy atom. The van der Waals surface area contributed by atoms with E-state index in [0.29, 0.717) is 25.9 Å². The van der Waals surface area contributed by atoms with Crippen LogP contribution in [0, 0.1) is 5.92 Å². The van der Waals surface area contributed by atoms with E-state index in [0.717, 1.165) is 6.42 Å². The monoisotopic (exact) mass is 261 g/mol. The molecule has 1 heterocycles. The van der Waals surface area contributed by atoms with Crippen molar-refractivity contribution < 1.29 is 13.2 Å². The van der Waals surface area contributed by atoms with Crippen molar-refractivity contribution in [2.24, 2.45) is 11.7 Å². The van der Waals surface area contributed by atoms with Gasteiger partial charge in [-0.1, -0.05) is 0 Å². The van der Waals surface area contributed by atoms with Crippen molar-refractivity contribution in [3.05, 3.63) is 0 Å². The number of carbonyl (C=O) groups is 1. The highest BCUT2D eigenvalue weighted by molar-refractivity contribution is 7.88. The first kappa shape index (κ1) is 12.8. The lowest BCUT2D eigenvalue weighted by Gasteiger charge is -2.30. The zero-order chi connectivity index (χ0) is 12.6. The first-order chi connectivity index (χ1) is 7.88. The summed E-state index contributed by atoms with van der Waals surface area (Å²) in [4.78, 5) is 11.6. The summed E-state index contributed by atoms with van der Waals surface area (Å²) in [6, 6.07) is 0.111. The Bertz CT molecular complexity index is 401. The molecule has 1 saturated heterocycles. The van der Waals surface area contributed by atoms with Gasteiger partial charge in [0.1, 0.15) is 0 Å². The van der Waals surface area contributed by atoms with Gasteiger partial charge in [0.2, 0.25) is 15.9 Å². The fourth-order valence-corrected chi connectivity index (χ4v) is 3.03. The van der Waals surface area contributed by atoms with Gasteiger partial charge in [0.25, 0.3) is 0 Å². The molecule has 2 atom stereocenters. The van der Waals surface area contributed by atoms with Crippen molar-refractivity contribution >= 4 is 15.9 Å². The van der Waals surface area contributed by atoms with E-state index in [9.17, 15) is 13.2 Å². The maximum Gasteiger partial charge on any atom is 0.224 e. The fraction of sp³-hybridized carbons (Fsp3) is 0.900. The van der Waals surface area contributed by atoms with Crippen LogP contribution in [-0.2, 0) is 14.8 Å². The van der Waals surface area contributed by atoms with Gasteiger partial charge < -0.3 is 11.1 Å². The molecule has 17 heavy (non-hydrogen) atoms. The van der Waals surface area contributed by atoms with Gasteiger partial charge in [-0.3, -0.25) is 4.79 Å². The summed E-state index contributed by atoms with van der Waals surface area (Å²) in [6.07, 6.45) is 3.35. The van der Waals surface area contributed by atoms with E-state index in [2.05, 4.69) is 5.32 Å². The molecule has 2 fully saturated rings. The molecule has 0 spiro atoms. The van der Waals surface area contributed by atoms with Gasteiger partial charge in [0.05, 0.1) is 12.2 Å². The second kappa shape index (κ2) is 4.55. The number of nitrogens with zero attached hydrogens (tertiary/aromatic N) is 1. The average molecular weight is 261 g/mol. The van der Waals surface area contributed by atoms with Crippen LogP contribution in [0.1, 0.15) is 19.3 Å². The third-order valence-electron chi connectivity index (χ3n) is 3.45. The predicted octanol–water partition coefficient (Wildman–Crippen LogP) is -1.13. The summed E-state index contributed by atoms with van der Waals surface area (Å²) in [5.41, 5.74) is 5.60. The number of nitrogens with two attached hydrogens (primary N) is 1. The standard InChI is InChI=1S/C10H19N3O3S/c1-17(15,16)13-4-2-7(3-5-13)12-10(14)8-6-9(8)11/h7-9H,2-6,11H2,1H3,(H,12,14). The van der Waals surface area contributed by atoms with Gasteiger partial charge in [-0.05, 0) is 19.3 Å². The predicted molar refractivity (Wildman–Crippen MR) is 63.7 cm³/mol. The molecule has 0 aromatic rings. The molecule has 2 rings (SSSR count). The molecule has 1 aliphatic carbocycles. The molecule has 0 radical (unpaired) electrons. The number of sulfonamides is 1. The number of hydrogen-bond donors (Lipinski definition) is 2. The summed E-state index contributed by atoms with van der Waals surface area (Å²) in [7, 11) is -3.09. The van der Waals surface area contributed by atoms with Crippen LogP contribution in [0.4, 0.5) is 0 Å². The molecule has 1 aliphatic heterocycles. The molecule has 0 bridgehead atoms. The molecule has 2 unspecified atom stereocenters. The smallest absolute Gasteiger partial charge is 0.224 e. The lowest BCUT2D eigenvalue weighted by atomic mass is 10.1. The van der Waals surface area contributed by atoms with Gasteiger partial charge >= 0.3 is 0 Å². The largest absolute Gasteiger partial charge is 0.353 e. The highest BCUT2D eigenvalue weighted by atomic mass is 32.2. The number of nitrogens with one attached hydrogen (secondary N) is 1. The lowest BCUT2D eigenvalue weighted by Crippen LogP contribution is -2.46. The summed E-state index contributed by atoms with van der Waals surface area (Å²) >= 11 is 0. The number of amides is 1. The number of hydrogen-bond acceptors (Lipinski definition) is 4. The molecule has 0 aromatic heterocycles. The third kappa shape index (κ3) is 3.17. The molecule has 1 amide bonds. The Kier molecular flexibility index (Phi) is 3.42. The van der Waals surface area contributed by atoms with E-state index >= 15 is 0 Å². The van der Waals surface area contributed by atoms with E-state index in [1.807, 2.05) is 0 Å². The second-order valence-corrected chi connectivity index (χ2v) is 6.93. The topological polar surface area (TPSA) is 92.5 Å². The minimum absolute atomic E-state index is 0.0195. The van der Waals surface area contributed by atoms with Gasteiger partial charge in [0, 0.05) is 25.2 Å². The summed E-state index contributed by atoms with van der Waals surface area (Å²) < 4.78 is 24.1. The minimum Gasteiger partial charge on any atom is -0.353 e. The highest BCUT2D eigenvalue weighted by Gasteiger charge is 2.40.